The summed E-state index contributed by atoms with van der Waals surface area (Å²) < 4.78 is 0. The molecule has 1 N–H and O–H groups in total. The predicted molar refractivity (Wildman–Crippen MR) is 60.3 cm³/mol. The van der Waals surface area contributed by atoms with Crippen LogP contribution in [0.3, 0.4) is 0 Å². The first kappa shape index (κ1) is 12.0. The zero-order valence-electron chi connectivity index (χ0n) is 9.87. The van der Waals surface area contributed by atoms with E-state index in [1.807, 2.05) is 0 Å². The lowest BCUT2D eigenvalue weighted by molar-refractivity contribution is 0.172. The number of likely N-dealkylation sites (tertiary alicyclic amines) is 1. The summed E-state index contributed by atoms with van der Waals surface area (Å²) in [7, 11) is 0. The summed E-state index contributed by atoms with van der Waals surface area (Å²) in [5.41, 5.74) is 0. The third kappa shape index (κ3) is 3.58. The standard InChI is InChI=1S/C12H25NO/c1-4-5-11-8-12(14)9-13(11)7-6-10(2)3/h10-12,14H,4-9H2,1-3H3/t11-,12-/m1/s1. The summed E-state index contributed by atoms with van der Waals surface area (Å²) >= 11 is 0. The zero-order valence-corrected chi connectivity index (χ0v) is 9.87. The highest BCUT2D eigenvalue weighted by Gasteiger charge is 2.29. The maximum Gasteiger partial charge on any atom is 0.0682 e. The molecule has 0 aromatic rings. The van der Waals surface area contributed by atoms with Gasteiger partial charge in [-0.05, 0) is 31.7 Å². The summed E-state index contributed by atoms with van der Waals surface area (Å²) in [5.74, 6) is 0.773. The van der Waals surface area contributed by atoms with Crippen molar-refractivity contribution in [3.8, 4) is 0 Å². The summed E-state index contributed by atoms with van der Waals surface area (Å²) in [4.78, 5) is 2.48. The molecule has 0 aliphatic carbocycles. The van der Waals surface area contributed by atoms with Crippen LogP contribution in [0.1, 0.15) is 46.5 Å². The summed E-state index contributed by atoms with van der Waals surface area (Å²) in [6.07, 6.45) is 4.66. The summed E-state index contributed by atoms with van der Waals surface area (Å²) in [6, 6.07) is 0.647. The second-order valence-electron chi connectivity index (χ2n) is 5.01. The maximum atomic E-state index is 9.62. The Labute approximate surface area is 88.3 Å². The van der Waals surface area contributed by atoms with Crippen molar-refractivity contribution in [3.05, 3.63) is 0 Å². The molecule has 1 heterocycles. The normalized spacial score (nSPS) is 28.9. The Balaban J connectivity index is 2.33. The van der Waals surface area contributed by atoms with Gasteiger partial charge in [0, 0.05) is 12.6 Å². The molecule has 0 bridgehead atoms. The fourth-order valence-corrected chi connectivity index (χ4v) is 2.29. The lowest BCUT2D eigenvalue weighted by atomic mass is 10.1. The molecule has 0 amide bonds. The summed E-state index contributed by atoms with van der Waals surface area (Å²) in [5, 5.41) is 9.62. The minimum atomic E-state index is -0.0706. The molecule has 0 unspecified atom stereocenters. The molecule has 1 saturated heterocycles. The Morgan fingerprint density at radius 1 is 1.43 bits per heavy atom. The Morgan fingerprint density at radius 3 is 2.71 bits per heavy atom. The van der Waals surface area contributed by atoms with Crippen LogP contribution in [0.4, 0.5) is 0 Å². The molecule has 1 aliphatic heterocycles. The average molecular weight is 199 g/mol. The largest absolute Gasteiger partial charge is 0.392 e. The van der Waals surface area contributed by atoms with Gasteiger partial charge in [-0.15, -0.1) is 0 Å². The van der Waals surface area contributed by atoms with Gasteiger partial charge in [-0.2, -0.15) is 0 Å². The van der Waals surface area contributed by atoms with Crippen molar-refractivity contribution in [1.29, 1.82) is 0 Å². The van der Waals surface area contributed by atoms with Crippen LogP contribution in [0.2, 0.25) is 0 Å². The lowest BCUT2D eigenvalue weighted by Crippen LogP contribution is -2.31. The number of hydrogen-bond acceptors (Lipinski definition) is 2. The van der Waals surface area contributed by atoms with E-state index in [1.54, 1.807) is 0 Å². The van der Waals surface area contributed by atoms with Crippen LogP contribution in [-0.4, -0.2) is 35.2 Å². The minimum Gasteiger partial charge on any atom is -0.392 e. The second kappa shape index (κ2) is 5.72. The molecule has 2 atom stereocenters. The maximum absolute atomic E-state index is 9.62. The number of aliphatic hydroxyl groups excluding tert-OH is 1. The van der Waals surface area contributed by atoms with Crippen molar-refractivity contribution < 1.29 is 5.11 Å². The highest BCUT2D eigenvalue weighted by atomic mass is 16.3. The fraction of sp³-hybridized carbons (Fsp3) is 1.00. The van der Waals surface area contributed by atoms with Crippen LogP contribution < -0.4 is 0 Å². The van der Waals surface area contributed by atoms with Crippen molar-refractivity contribution in [2.24, 2.45) is 5.92 Å². The SMILES string of the molecule is CCC[C@@H]1C[C@@H](O)CN1CCC(C)C. The second-order valence-corrected chi connectivity index (χ2v) is 5.01. The Kier molecular flexibility index (Phi) is 4.90. The average Bonchev–Trinajstić information content (AvgIpc) is 2.44. The van der Waals surface area contributed by atoms with E-state index in [2.05, 4.69) is 25.7 Å². The predicted octanol–water partition coefficient (Wildman–Crippen LogP) is 2.27. The van der Waals surface area contributed by atoms with Crippen LogP contribution in [0.25, 0.3) is 0 Å². The molecule has 2 nitrogen and oxygen atoms in total. The molecule has 0 radical (unpaired) electrons. The van der Waals surface area contributed by atoms with Gasteiger partial charge in [-0.3, -0.25) is 4.90 Å². The first-order chi connectivity index (χ1) is 6.63. The number of β-amino-alcohol motifs (C(OH)–C–C–N with tert-alkyl or cyclic N) is 1. The van der Waals surface area contributed by atoms with Gasteiger partial charge in [0.25, 0.3) is 0 Å². The van der Waals surface area contributed by atoms with Gasteiger partial charge in [-0.1, -0.05) is 27.2 Å². The molecular formula is C12H25NO. The number of aliphatic hydroxyl groups is 1. The van der Waals surface area contributed by atoms with E-state index in [4.69, 9.17) is 0 Å². The van der Waals surface area contributed by atoms with Crippen LogP contribution in [0.5, 0.6) is 0 Å². The first-order valence-electron chi connectivity index (χ1n) is 6.05. The van der Waals surface area contributed by atoms with E-state index in [0.29, 0.717) is 6.04 Å². The van der Waals surface area contributed by atoms with E-state index in [9.17, 15) is 5.11 Å². The van der Waals surface area contributed by atoms with Crippen molar-refractivity contribution in [2.45, 2.75) is 58.6 Å². The van der Waals surface area contributed by atoms with Crippen LogP contribution >= 0.6 is 0 Å². The molecule has 2 heteroatoms. The highest BCUT2D eigenvalue weighted by Crippen LogP contribution is 2.22. The Hall–Kier alpha value is -0.0800. The van der Waals surface area contributed by atoms with Crippen LogP contribution in [-0.2, 0) is 0 Å². The molecule has 84 valence electrons. The third-order valence-electron chi connectivity index (χ3n) is 3.12. The Bertz CT molecular complexity index is 158. The van der Waals surface area contributed by atoms with Gasteiger partial charge in [-0.25, -0.2) is 0 Å². The third-order valence-corrected chi connectivity index (χ3v) is 3.12. The zero-order chi connectivity index (χ0) is 10.6. The minimum absolute atomic E-state index is 0.0706. The molecule has 1 fully saturated rings. The van der Waals surface area contributed by atoms with Gasteiger partial charge in [0.15, 0.2) is 0 Å². The topological polar surface area (TPSA) is 23.5 Å². The van der Waals surface area contributed by atoms with E-state index < -0.39 is 0 Å². The van der Waals surface area contributed by atoms with Gasteiger partial charge < -0.3 is 5.11 Å². The number of hydrogen-bond donors (Lipinski definition) is 1. The van der Waals surface area contributed by atoms with Gasteiger partial charge in [0.05, 0.1) is 6.10 Å². The highest BCUT2D eigenvalue weighted by molar-refractivity contribution is 4.84. The van der Waals surface area contributed by atoms with E-state index in [1.165, 1.54) is 25.8 Å². The molecule has 0 spiro atoms. The monoisotopic (exact) mass is 199 g/mol. The van der Waals surface area contributed by atoms with Gasteiger partial charge in [0.2, 0.25) is 0 Å². The number of nitrogens with zero attached hydrogens (tertiary/aromatic N) is 1. The molecule has 1 aliphatic rings. The van der Waals surface area contributed by atoms with E-state index >= 15 is 0 Å². The lowest BCUT2D eigenvalue weighted by Gasteiger charge is -2.24. The smallest absolute Gasteiger partial charge is 0.0682 e. The van der Waals surface area contributed by atoms with Gasteiger partial charge in [0.1, 0.15) is 0 Å². The molecule has 14 heavy (non-hydrogen) atoms. The quantitative estimate of drug-likeness (QED) is 0.734. The first-order valence-corrected chi connectivity index (χ1v) is 6.05. The van der Waals surface area contributed by atoms with Crippen LogP contribution in [0, 0.1) is 5.92 Å². The van der Waals surface area contributed by atoms with Crippen molar-refractivity contribution in [3.63, 3.8) is 0 Å². The van der Waals surface area contributed by atoms with E-state index in [-0.39, 0.29) is 6.10 Å². The molecule has 1 rings (SSSR count). The van der Waals surface area contributed by atoms with Crippen molar-refractivity contribution in [1.82, 2.24) is 4.90 Å². The fourth-order valence-electron chi connectivity index (χ4n) is 2.29. The molecular weight excluding hydrogens is 174 g/mol. The van der Waals surface area contributed by atoms with Gasteiger partial charge >= 0.3 is 0 Å². The molecule has 0 aromatic heterocycles. The Morgan fingerprint density at radius 2 is 2.14 bits per heavy atom. The van der Waals surface area contributed by atoms with Crippen LogP contribution in [0.15, 0.2) is 0 Å². The van der Waals surface area contributed by atoms with Crippen molar-refractivity contribution >= 4 is 0 Å². The molecule has 0 aromatic carbocycles. The van der Waals surface area contributed by atoms with E-state index in [0.717, 1.165) is 18.9 Å². The number of rotatable bonds is 5. The summed E-state index contributed by atoms with van der Waals surface area (Å²) in [6.45, 7) is 8.82. The molecule has 0 saturated carbocycles. The van der Waals surface area contributed by atoms with Crippen molar-refractivity contribution in [2.75, 3.05) is 13.1 Å².